The molecule has 0 bridgehead atoms. The molecule has 5 nitrogen and oxygen atoms in total. The monoisotopic (exact) mass is 236 g/mol. The van der Waals surface area contributed by atoms with Crippen molar-refractivity contribution < 1.29 is 14.7 Å². The number of carbonyl (C=O) groups excluding carboxylic acids is 1. The van der Waals surface area contributed by atoms with E-state index in [9.17, 15) is 9.59 Å². The summed E-state index contributed by atoms with van der Waals surface area (Å²) in [5.41, 5.74) is 6.26. The van der Waals surface area contributed by atoms with E-state index in [4.69, 9.17) is 10.8 Å². The van der Waals surface area contributed by atoms with Gasteiger partial charge in [-0.05, 0) is 24.6 Å². The van der Waals surface area contributed by atoms with Crippen LogP contribution in [0.5, 0.6) is 0 Å². The highest BCUT2D eigenvalue weighted by Gasteiger charge is 2.09. The molecule has 0 spiro atoms. The number of anilines is 1. The van der Waals surface area contributed by atoms with Crippen molar-refractivity contribution in [1.82, 2.24) is 0 Å². The summed E-state index contributed by atoms with van der Waals surface area (Å²) < 4.78 is 0. The molecule has 0 fully saturated rings. The summed E-state index contributed by atoms with van der Waals surface area (Å²) in [5, 5.41) is 11.4. The van der Waals surface area contributed by atoms with Crippen LogP contribution in [0, 0.1) is 0 Å². The lowest BCUT2D eigenvalue weighted by Gasteiger charge is -2.09. The number of hydrogen-bond acceptors (Lipinski definition) is 3. The van der Waals surface area contributed by atoms with Crippen LogP contribution in [0.15, 0.2) is 24.3 Å². The Bertz CT molecular complexity index is 418. The fraction of sp³-hybridized carbons (Fsp3) is 0.333. The van der Waals surface area contributed by atoms with Crippen molar-refractivity contribution in [3.8, 4) is 0 Å². The average Bonchev–Trinajstić information content (AvgIpc) is 2.28. The van der Waals surface area contributed by atoms with Gasteiger partial charge in [-0.15, -0.1) is 0 Å². The van der Waals surface area contributed by atoms with Gasteiger partial charge in [0.05, 0.1) is 5.56 Å². The minimum absolute atomic E-state index is 0.141. The molecule has 92 valence electrons. The Morgan fingerprint density at radius 1 is 1.47 bits per heavy atom. The van der Waals surface area contributed by atoms with Gasteiger partial charge in [0.1, 0.15) is 0 Å². The van der Waals surface area contributed by atoms with Crippen LogP contribution in [0.3, 0.4) is 0 Å². The molecule has 1 aromatic carbocycles. The van der Waals surface area contributed by atoms with Gasteiger partial charge in [0.15, 0.2) is 0 Å². The van der Waals surface area contributed by atoms with Gasteiger partial charge >= 0.3 is 5.97 Å². The number of nitrogens with one attached hydrogen (secondary N) is 1. The van der Waals surface area contributed by atoms with Crippen molar-refractivity contribution in [3.05, 3.63) is 29.8 Å². The second-order valence-corrected chi connectivity index (χ2v) is 3.81. The van der Waals surface area contributed by atoms with E-state index in [2.05, 4.69) is 5.32 Å². The molecule has 0 saturated carbocycles. The van der Waals surface area contributed by atoms with E-state index in [1.54, 1.807) is 12.1 Å². The molecule has 0 aliphatic carbocycles. The first-order valence-corrected chi connectivity index (χ1v) is 5.41. The molecule has 1 atom stereocenters. The normalized spacial score (nSPS) is 11.9. The largest absolute Gasteiger partial charge is 0.478 e. The Hall–Kier alpha value is -1.88. The van der Waals surface area contributed by atoms with Gasteiger partial charge in [0.2, 0.25) is 5.91 Å². The summed E-state index contributed by atoms with van der Waals surface area (Å²) in [5.74, 6) is -1.23. The Morgan fingerprint density at radius 2 is 2.18 bits per heavy atom. The van der Waals surface area contributed by atoms with Crippen LogP contribution < -0.4 is 11.1 Å². The summed E-state index contributed by atoms with van der Waals surface area (Å²) in [4.78, 5) is 22.3. The van der Waals surface area contributed by atoms with Crippen LogP contribution in [0.4, 0.5) is 5.69 Å². The third kappa shape index (κ3) is 4.24. The van der Waals surface area contributed by atoms with Crippen molar-refractivity contribution in [1.29, 1.82) is 0 Å². The van der Waals surface area contributed by atoms with Crippen molar-refractivity contribution >= 4 is 17.6 Å². The molecule has 0 heterocycles. The fourth-order valence-electron chi connectivity index (χ4n) is 1.32. The number of benzene rings is 1. The van der Waals surface area contributed by atoms with Gasteiger partial charge in [-0.3, -0.25) is 4.79 Å². The van der Waals surface area contributed by atoms with Crippen LogP contribution in [0.2, 0.25) is 0 Å². The van der Waals surface area contributed by atoms with E-state index in [1.807, 2.05) is 6.92 Å². The van der Waals surface area contributed by atoms with Gasteiger partial charge in [0.25, 0.3) is 0 Å². The van der Waals surface area contributed by atoms with Crippen molar-refractivity contribution in [3.63, 3.8) is 0 Å². The van der Waals surface area contributed by atoms with Gasteiger partial charge in [0, 0.05) is 18.2 Å². The van der Waals surface area contributed by atoms with Gasteiger partial charge in [-0.1, -0.05) is 13.0 Å². The maximum absolute atomic E-state index is 11.5. The smallest absolute Gasteiger partial charge is 0.335 e. The number of carbonyl (C=O) groups is 2. The van der Waals surface area contributed by atoms with E-state index in [0.29, 0.717) is 5.69 Å². The highest BCUT2D eigenvalue weighted by atomic mass is 16.4. The zero-order valence-electron chi connectivity index (χ0n) is 9.64. The van der Waals surface area contributed by atoms with Crippen LogP contribution >= 0.6 is 0 Å². The molecule has 1 unspecified atom stereocenters. The number of amides is 1. The average molecular weight is 236 g/mol. The van der Waals surface area contributed by atoms with Gasteiger partial charge < -0.3 is 16.2 Å². The SMILES string of the molecule is CCC(N)CC(=O)Nc1cccc(C(=O)O)c1. The maximum Gasteiger partial charge on any atom is 0.335 e. The minimum atomic E-state index is -1.02. The molecule has 0 aliphatic rings. The second-order valence-electron chi connectivity index (χ2n) is 3.81. The first kappa shape index (κ1) is 13.2. The third-order valence-corrected chi connectivity index (χ3v) is 2.37. The van der Waals surface area contributed by atoms with Crippen molar-refractivity contribution in [2.75, 3.05) is 5.32 Å². The van der Waals surface area contributed by atoms with E-state index in [0.717, 1.165) is 6.42 Å². The Labute approximate surface area is 99.6 Å². The second kappa shape index (κ2) is 6.00. The molecule has 1 amide bonds. The molecule has 17 heavy (non-hydrogen) atoms. The van der Waals surface area contributed by atoms with Crippen LogP contribution in [-0.2, 0) is 4.79 Å². The predicted molar refractivity (Wildman–Crippen MR) is 64.9 cm³/mol. The molecule has 4 N–H and O–H groups in total. The fourth-order valence-corrected chi connectivity index (χ4v) is 1.32. The lowest BCUT2D eigenvalue weighted by atomic mass is 10.1. The molecule has 0 aromatic heterocycles. The molecule has 5 heteroatoms. The summed E-state index contributed by atoms with van der Waals surface area (Å²) >= 11 is 0. The zero-order valence-corrected chi connectivity index (χ0v) is 9.64. The van der Waals surface area contributed by atoms with Crippen LogP contribution in [0.25, 0.3) is 0 Å². The van der Waals surface area contributed by atoms with E-state index >= 15 is 0 Å². The molecule has 0 saturated heterocycles. The summed E-state index contributed by atoms with van der Waals surface area (Å²) in [6.07, 6.45) is 0.955. The van der Waals surface area contributed by atoms with E-state index < -0.39 is 5.97 Å². The number of carboxylic acids is 1. The van der Waals surface area contributed by atoms with E-state index in [1.165, 1.54) is 12.1 Å². The molecule has 1 aromatic rings. The minimum Gasteiger partial charge on any atom is -0.478 e. The zero-order chi connectivity index (χ0) is 12.8. The quantitative estimate of drug-likeness (QED) is 0.721. The topological polar surface area (TPSA) is 92.4 Å². The van der Waals surface area contributed by atoms with Crippen molar-refractivity contribution in [2.45, 2.75) is 25.8 Å². The predicted octanol–water partition coefficient (Wildman–Crippen LogP) is 1.45. The molecule has 0 radical (unpaired) electrons. The number of hydrogen-bond donors (Lipinski definition) is 3. The van der Waals surface area contributed by atoms with Crippen LogP contribution in [0.1, 0.15) is 30.1 Å². The van der Waals surface area contributed by atoms with Gasteiger partial charge in [-0.25, -0.2) is 4.79 Å². The highest BCUT2D eigenvalue weighted by molar-refractivity contribution is 5.94. The number of aromatic carboxylic acids is 1. The first-order chi connectivity index (χ1) is 8.02. The summed E-state index contributed by atoms with van der Waals surface area (Å²) in [6.45, 7) is 1.91. The van der Waals surface area contributed by atoms with Gasteiger partial charge in [-0.2, -0.15) is 0 Å². The lowest BCUT2D eigenvalue weighted by Crippen LogP contribution is -2.26. The van der Waals surface area contributed by atoms with Crippen molar-refractivity contribution in [2.24, 2.45) is 5.73 Å². The standard InChI is InChI=1S/C12H16N2O3/c1-2-9(13)7-11(15)14-10-5-3-4-8(6-10)12(16)17/h3-6,9H,2,7,13H2,1H3,(H,14,15)(H,16,17). The Kier molecular flexibility index (Phi) is 4.66. The number of nitrogens with two attached hydrogens (primary N) is 1. The number of carboxylic acid groups (broad SMARTS) is 1. The first-order valence-electron chi connectivity index (χ1n) is 5.41. The summed E-state index contributed by atoms with van der Waals surface area (Å²) in [7, 11) is 0. The summed E-state index contributed by atoms with van der Waals surface area (Å²) in [6, 6.07) is 5.94. The Morgan fingerprint density at radius 3 is 2.76 bits per heavy atom. The highest BCUT2D eigenvalue weighted by Crippen LogP contribution is 2.11. The molecular weight excluding hydrogens is 220 g/mol. The molecule has 0 aliphatic heterocycles. The number of rotatable bonds is 5. The van der Waals surface area contributed by atoms with E-state index in [-0.39, 0.29) is 23.9 Å². The third-order valence-electron chi connectivity index (χ3n) is 2.37. The molecule has 1 rings (SSSR count). The van der Waals surface area contributed by atoms with Crippen LogP contribution in [-0.4, -0.2) is 23.0 Å². The lowest BCUT2D eigenvalue weighted by molar-refractivity contribution is -0.116. The molecular formula is C12H16N2O3. The maximum atomic E-state index is 11.5. The Balaban J connectivity index is 2.65.